The highest BCUT2D eigenvalue weighted by Gasteiger charge is 2.17. The van der Waals surface area contributed by atoms with Crippen LogP contribution in [0.25, 0.3) is 0 Å². The van der Waals surface area contributed by atoms with E-state index in [2.05, 4.69) is 61.0 Å². The molecule has 29 heavy (non-hydrogen) atoms. The molecule has 0 fully saturated rings. The molecule has 0 saturated carbocycles. The van der Waals surface area contributed by atoms with Crippen LogP contribution in [-0.2, 0) is 11.2 Å². The number of unbranched alkanes of at least 4 members (excludes halogenated alkanes) is 1. The van der Waals surface area contributed by atoms with Gasteiger partial charge in [-0.05, 0) is 48.1 Å². The van der Waals surface area contributed by atoms with Crippen LogP contribution in [0.3, 0.4) is 0 Å². The van der Waals surface area contributed by atoms with Gasteiger partial charge in [-0.3, -0.25) is 9.59 Å². The van der Waals surface area contributed by atoms with Crippen LogP contribution in [0.1, 0.15) is 61.1 Å². The summed E-state index contributed by atoms with van der Waals surface area (Å²) >= 11 is 0. The highest BCUT2D eigenvalue weighted by molar-refractivity contribution is 5.97. The lowest BCUT2D eigenvalue weighted by atomic mass is 9.94. The van der Waals surface area contributed by atoms with Gasteiger partial charge in [-0.25, -0.2) is 0 Å². The second-order valence-corrected chi connectivity index (χ2v) is 7.66. The Balaban J connectivity index is 1.96. The van der Waals surface area contributed by atoms with Gasteiger partial charge in [-0.1, -0.05) is 57.5 Å². The molecule has 0 aliphatic heterocycles. The molecule has 2 aromatic rings. The minimum atomic E-state index is -0.179. The topological polar surface area (TPSA) is 70.2 Å². The molecule has 0 aliphatic carbocycles. The molecule has 2 amide bonds. The summed E-state index contributed by atoms with van der Waals surface area (Å²) in [6, 6.07) is 15.7. The summed E-state index contributed by atoms with van der Waals surface area (Å²) in [4.78, 5) is 24.2. The Labute approximate surface area is 174 Å². The number of benzene rings is 2. The molecule has 1 atom stereocenters. The zero-order chi connectivity index (χ0) is 21.2. The Morgan fingerprint density at radius 1 is 1.03 bits per heavy atom. The summed E-state index contributed by atoms with van der Waals surface area (Å²) < 4.78 is 0. The SMILES string of the molecule is CCCCc1ccc([C@H](NCC(=O)Nc2cccc(C(=O)NC)c2)C(C)C)cc1. The number of carbonyl (C=O) groups excluding carboxylic acids is 2. The van der Waals surface area contributed by atoms with Gasteiger partial charge < -0.3 is 16.0 Å². The van der Waals surface area contributed by atoms with Crippen LogP contribution in [-0.4, -0.2) is 25.4 Å². The Morgan fingerprint density at radius 3 is 2.38 bits per heavy atom. The fourth-order valence-corrected chi connectivity index (χ4v) is 3.30. The van der Waals surface area contributed by atoms with Crippen LogP contribution < -0.4 is 16.0 Å². The first-order chi connectivity index (χ1) is 13.9. The lowest BCUT2D eigenvalue weighted by Gasteiger charge is -2.23. The largest absolute Gasteiger partial charge is 0.355 e. The summed E-state index contributed by atoms with van der Waals surface area (Å²) in [7, 11) is 1.58. The monoisotopic (exact) mass is 395 g/mol. The van der Waals surface area contributed by atoms with Crippen molar-refractivity contribution in [3.05, 3.63) is 65.2 Å². The molecule has 0 radical (unpaired) electrons. The van der Waals surface area contributed by atoms with E-state index in [1.807, 2.05) is 0 Å². The van der Waals surface area contributed by atoms with Crippen molar-refractivity contribution in [2.75, 3.05) is 18.9 Å². The number of amides is 2. The summed E-state index contributed by atoms with van der Waals surface area (Å²) in [5.41, 5.74) is 3.67. The number of anilines is 1. The molecule has 0 unspecified atom stereocenters. The van der Waals surface area contributed by atoms with Gasteiger partial charge in [0.1, 0.15) is 0 Å². The molecular formula is C24H33N3O2. The number of hydrogen-bond donors (Lipinski definition) is 3. The van der Waals surface area contributed by atoms with Crippen LogP contribution >= 0.6 is 0 Å². The molecule has 0 saturated heterocycles. The molecular weight excluding hydrogens is 362 g/mol. The minimum Gasteiger partial charge on any atom is -0.355 e. The second-order valence-electron chi connectivity index (χ2n) is 7.66. The molecule has 0 spiro atoms. The van der Waals surface area contributed by atoms with Crippen LogP contribution in [0.15, 0.2) is 48.5 Å². The molecule has 0 heterocycles. The third-order valence-electron chi connectivity index (χ3n) is 4.94. The summed E-state index contributed by atoms with van der Waals surface area (Å²) in [6.45, 7) is 6.69. The van der Waals surface area contributed by atoms with E-state index >= 15 is 0 Å². The Kier molecular flexibility index (Phi) is 8.87. The smallest absolute Gasteiger partial charge is 0.251 e. The van der Waals surface area contributed by atoms with E-state index < -0.39 is 0 Å². The van der Waals surface area contributed by atoms with E-state index in [0.29, 0.717) is 17.2 Å². The van der Waals surface area contributed by atoms with Gasteiger partial charge in [0.05, 0.1) is 6.54 Å². The fourth-order valence-electron chi connectivity index (χ4n) is 3.30. The van der Waals surface area contributed by atoms with E-state index in [1.54, 1.807) is 31.3 Å². The van der Waals surface area contributed by atoms with Gasteiger partial charge >= 0.3 is 0 Å². The normalized spacial score (nSPS) is 11.9. The molecule has 0 aliphatic rings. The molecule has 5 heteroatoms. The van der Waals surface area contributed by atoms with Crippen LogP contribution in [0.4, 0.5) is 5.69 Å². The highest BCUT2D eigenvalue weighted by Crippen LogP contribution is 2.22. The van der Waals surface area contributed by atoms with Crippen molar-refractivity contribution in [3.63, 3.8) is 0 Å². The molecule has 0 bridgehead atoms. The number of aryl methyl sites for hydroxylation is 1. The van der Waals surface area contributed by atoms with Crippen molar-refractivity contribution in [1.82, 2.24) is 10.6 Å². The Bertz CT molecular complexity index is 800. The first-order valence-electron chi connectivity index (χ1n) is 10.4. The van der Waals surface area contributed by atoms with Crippen LogP contribution in [0.5, 0.6) is 0 Å². The average molecular weight is 396 g/mol. The van der Waals surface area contributed by atoms with E-state index in [1.165, 1.54) is 24.0 Å². The predicted molar refractivity (Wildman–Crippen MR) is 119 cm³/mol. The summed E-state index contributed by atoms with van der Waals surface area (Å²) in [5.74, 6) is 0.0339. The number of hydrogen-bond acceptors (Lipinski definition) is 3. The summed E-state index contributed by atoms with van der Waals surface area (Å²) in [5, 5.41) is 8.82. The Morgan fingerprint density at radius 2 is 1.76 bits per heavy atom. The third kappa shape index (κ3) is 7.02. The zero-order valence-corrected chi connectivity index (χ0v) is 17.9. The maximum absolute atomic E-state index is 12.4. The lowest BCUT2D eigenvalue weighted by molar-refractivity contribution is -0.115. The van der Waals surface area contributed by atoms with Crippen molar-refractivity contribution < 1.29 is 9.59 Å². The molecule has 2 rings (SSSR count). The highest BCUT2D eigenvalue weighted by atomic mass is 16.2. The molecule has 156 valence electrons. The first-order valence-corrected chi connectivity index (χ1v) is 10.4. The van der Waals surface area contributed by atoms with Gasteiger partial charge in [0.25, 0.3) is 5.91 Å². The second kappa shape index (κ2) is 11.4. The fraction of sp³-hybridized carbons (Fsp3) is 0.417. The predicted octanol–water partition coefficient (Wildman–Crippen LogP) is 4.31. The minimum absolute atomic E-state index is 0.0955. The average Bonchev–Trinajstić information content (AvgIpc) is 2.72. The quantitative estimate of drug-likeness (QED) is 0.561. The molecule has 0 aromatic heterocycles. The van der Waals surface area contributed by atoms with Crippen molar-refractivity contribution in [2.45, 2.75) is 46.1 Å². The number of nitrogens with one attached hydrogen (secondary N) is 3. The van der Waals surface area contributed by atoms with Crippen LogP contribution in [0.2, 0.25) is 0 Å². The number of carbonyl (C=O) groups is 2. The van der Waals surface area contributed by atoms with Crippen molar-refractivity contribution in [1.29, 1.82) is 0 Å². The van der Waals surface area contributed by atoms with Crippen molar-refractivity contribution in [3.8, 4) is 0 Å². The van der Waals surface area contributed by atoms with Gasteiger partial charge in [-0.2, -0.15) is 0 Å². The molecule has 3 N–H and O–H groups in total. The van der Waals surface area contributed by atoms with Gasteiger partial charge in [0, 0.05) is 24.3 Å². The van der Waals surface area contributed by atoms with Gasteiger partial charge in [-0.15, -0.1) is 0 Å². The zero-order valence-electron chi connectivity index (χ0n) is 17.9. The van der Waals surface area contributed by atoms with Gasteiger partial charge in [0.15, 0.2) is 0 Å². The molecule has 5 nitrogen and oxygen atoms in total. The van der Waals surface area contributed by atoms with Crippen molar-refractivity contribution in [2.24, 2.45) is 5.92 Å². The van der Waals surface area contributed by atoms with E-state index in [4.69, 9.17) is 0 Å². The molecule has 2 aromatic carbocycles. The van der Waals surface area contributed by atoms with Crippen molar-refractivity contribution >= 4 is 17.5 Å². The summed E-state index contributed by atoms with van der Waals surface area (Å²) in [6.07, 6.45) is 3.50. The maximum Gasteiger partial charge on any atom is 0.251 e. The first kappa shape index (κ1) is 22.6. The van der Waals surface area contributed by atoms with E-state index in [9.17, 15) is 9.59 Å². The van der Waals surface area contributed by atoms with E-state index in [0.717, 1.165) is 6.42 Å². The Hall–Kier alpha value is -2.66. The van der Waals surface area contributed by atoms with Crippen LogP contribution in [0, 0.1) is 5.92 Å². The maximum atomic E-state index is 12.4. The lowest BCUT2D eigenvalue weighted by Crippen LogP contribution is -2.33. The third-order valence-corrected chi connectivity index (χ3v) is 4.94. The standard InChI is InChI=1S/C24H33N3O2/c1-5-6-8-18-11-13-19(14-12-18)23(17(2)3)26-16-22(28)27-21-10-7-9-20(15-21)24(29)25-4/h7,9-15,17,23,26H,5-6,8,16H2,1-4H3,(H,25,29)(H,27,28)/t23-/m1/s1. The van der Waals surface area contributed by atoms with E-state index in [-0.39, 0.29) is 24.4 Å². The van der Waals surface area contributed by atoms with Gasteiger partial charge in [0.2, 0.25) is 5.91 Å². The number of rotatable bonds is 10.